The lowest BCUT2D eigenvalue weighted by Crippen LogP contribution is -3.04. The number of carbonyl (C=O) groups excluding carboxylic acids is 2. The van der Waals surface area contributed by atoms with Gasteiger partial charge in [0.05, 0.1) is 6.04 Å². The van der Waals surface area contributed by atoms with Crippen molar-refractivity contribution < 1.29 is 24.4 Å². The number of cyclic esters (lactones) is 2. The maximum absolute atomic E-state index is 13.8. The first-order valence-corrected chi connectivity index (χ1v) is 13.0. The molecular formula is C26H41N2O4+. The molecule has 2 saturated carbocycles. The van der Waals surface area contributed by atoms with Crippen LogP contribution in [0, 0.1) is 28.1 Å². The summed E-state index contributed by atoms with van der Waals surface area (Å²) in [5.74, 6) is -0.797. The van der Waals surface area contributed by atoms with Crippen molar-refractivity contribution >= 4 is 11.9 Å². The molecule has 4 heterocycles. The molecule has 0 amide bonds. The second-order valence-corrected chi connectivity index (χ2v) is 13.6. The van der Waals surface area contributed by atoms with Gasteiger partial charge in [-0.1, -0.05) is 27.2 Å². The second kappa shape index (κ2) is 6.50. The van der Waals surface area contributed by atoms with Crippen LogP contribution >= 0.6 is 0 Å². The number of nitrogens with two attached hydrogens (primary N) is 1. The summed E-state index contributed by atoms with van der Waals surface area (Å²) in [4.78, 5) is 30.3. The van der Waals surface area contributed by atoms with Crippen LogP contribution in [0.3, 0.4) is 0 Å². The molecule has 0 aromatic heterocycles. The van der Waals surface area contributed by atoms with Crippen LogP contribution in [0.1, 0.15) is 92.4 Å². The third-order valence-corrected chi connectivity index (χ3v) is 10.1. The van der Waals surface area contributed by atoms with Gasteiger partial charge in [0.25, 0.3) is 5.79 Å². The number of hydrogen-bond donors (Lipinski definition) is 1. The van der Waals surface area contributed by atoms with E-state index in [0.717, 1.165) is 25.7 Å². The van der Waals surface area contributed by atoms with E-state index in [2.05, 4.69) is 31.0 Å². The summed E-state index contributed by atoms with van der Waals surface area (Å²) in [6.45, 7) is 10.4. The van der Waals surface area contributed by atoms with Crippen molar-refractivity contribution in [1.29, 1.82) is 0 Å². The Balaban J connectivity index is 1.47. The lowest BCUT2D eigenvalue weighted by molar-refractivity contribution is -0.768. The molecule has 4 saturated heterocycles. The van der Waals surface area contributed by atoms with Crippen LogP contribution in [0.25, 0.3) is 0 Å². The lowest BCUT2D eigenvalue weighted by Gasteiger charge is -2.58. The van der Waals surface area contributed by atoms with Crippen molar-refractivity contribution in [3.05, 3.63) is 0 Å². The standard InChI is InChI=1S/C26H40N2O4/c1-23(2)12-17-13-25(5,14-23)20-26(21(29)31-24(3,4)32-22(26)30)11-16-10-15-8-6-7-9-18(15)27-19(16)28(17)20/h15-20,27H,6-14H2,1-5H3/p+1/t15?,16?,17-,18?,19?,20+,25-/m1/s1. The van der Waals surface area contributed by atoms with E-state index in [4.69, 9.17) is 9.47 Å². The molecule has 0 aromatic rings. The van der Waals surface area contributed by atoms with Gasteiger partial charge >= 0.3 is 11.9 Å². The molecule has 4 aliphatic heterocycles. The SMILES string of the molecule is CC1(C)C[C@@H]2C[C@](C)(C1)[C@@H]1N2C2[NH2+]C3CCCCC3CC2CC12C(=O)OC(C)(C)OC2=O. The number of carbonyl (C=O) groups is 2. The fourth-order valence-electron chi connectivity index (χ4n) is 9.66. The average Bonchev–Trinajstić information content (AvgIpc) is 2.90. The molecule has 178 valence electrons. The molecule has 2 aliphatic carbocycles. The molecule has 7 atom stereocenters. The number of esters is 2. The van der Waals surface area contributed by atoms with Crippen LogP contribution in [0.4, 0.5) is 0 Å². The third kappa shape index (κ3) is 2.84. The molecule has 4 unspecified atom stereocenters. The first-order valence-electron chi connectivity index (χ1n) is 13.0. The monoisotopic (exact) mass is 445 g/mol. The number of nitrogens with zero attached hydrogens (tertiary/aromatic N) is 1. The van der Waals surface area contributed by atoms with Gasteiger partial charge < -0.3 is 14.8 Å². The Bertz CT molecular complexity index is 833. The fraction of sp³-hybridized carbons (Fsp3) is 0.923. The van der Waals surface area contributed by atoms with E-state index in [9.17, 15) is 9.59 Å². The van der Waals surface area contributed by atoms with E-state index in [0.29, 0.717) is 36.5 Å². The van der Waals surface area contributed by atoms with E-state index < -0.39 is 11.2 Å². The summed E-state index contributed by atoms with van der Waals surface area (Å²) in [7, 11) is 0. The normalized spacial score (nSPS) is 48.3. The Morgan fingerprint density at radius 2 is 1.59 bits per heavy atom. The molecule has 32 heavy (non-hydrogen) atoms. The van der Waals surface area contributed by atoms with Crippen molar-refractivity contribution in [1.82, 2.24) is 4.90 Å². The first-order chi connectivity index (χ1) is 14.9. The largest absolute Gasteiger partial charge is 0.422 e. The predicted molar refractivity (Wildman–Crippen MR) is 118 cm³/mol. The van der Waals surface area contributed by atoms with Crippen LogP contribution in [0.2, 0.25) is 0 Å². The van der Waals surface area contributed by atoms with Crippen molar-refractivity contribution in [3.63, 3.8) is 0 Å². The topological polar surface area (TPSA) is 72.5 Å². The van der Waals surface area contributed by atoms with Crippen LogP contribution in [-0.4, -0.2) is 46.9 Å². The summed E-state index contributed by atoms with van der Waals surface area (Å²) < 4.78 is 11.7. The van der Waals surface area contributed by atoms with E-state index in [1.807, 2.05) is 0 Å². The van der Waals surface area contributed by atoms with E-state index in [1.165, 1.54) is 25.7 Å². The van der Waals surface area contributed by atoms with Crippen LogP contribution in [0.15, 0.2) is 0 Å². The van der Waals surface area contributed by atoms with Crippen molar-refractivity contribution in [2.24, 2.45) is 28.1 Å². The smallest absolute Gasteiger partial charge is 0.328 e. The average molecular weight is 446 g/mol. The molecule has 6 nitrogen and oxygen atoms in total. The zero-order valence-corrected chi connectivity index (χ0v) is 20.5. The van der Waals surface area contributed by atoms with Crippen molar-refractivity contribution in [3.8, 4) is 0 Å². The predicted octanol–water partition coefficient (Wildman–Crippen LogP) is 2.95. The minimum Gasteiger partial charge on any atom is -0.422 e. The number of piperidine rings is 2. The number of fused-ring (bicyclic) bond motifs is 9. The van der Waals surface area contributed by atoms with Crippen LogP contribution < -0.4 is 5.32 Å². The molecule has 6 rings (SSSR count). The second-order valence-electron chi connectivity index (χ2n) is 13.6. The van der Waals surface area contributed by atoms with Gasteiger partial charge in [-0.25, -0.2) is 4.90 Å². The maximum atomic E-state index is 13.8. The highest BCUT2D eigenvalue weighted by molar-refractivity contribution is 6.03. The minimum absolute atomic E-state index is 0.0891. The molecule has 6 aliphatic rings. The molecule has 6 fully saturated rings. The first kappa shape index (κ1) is 21.4. The van der Waals surface area contributed by atoms with Crippen molar-refractivity contribution in [2.45, 2.75) is 122 Å². The summed E-state index contributed by atoms with van der Waals surface area (Å²) in [6.07, 6.45) is 10.6. The Kier molecular flexibility index (Phi) is 4.35. The molecule has 2 bridgehead atoms. The lowest BCUT2D eigenvalue weighted by atomic mass is 9.55. The Hall–Kier alpha value is -1.14. The van der Waals surface area contributed by atoms with E-state index in [-0.39, 0.29) is 28.8 Å². The van der Waals surface area contributed by atoms with Gasteiger partial charge in [-0.15, -0.1) is 0 Å². The number of ether oxygens (including phenoxy) is 2. The van der Waals surface area contributed by atoms with Gasteiger partial charge in [-0.2, -0.15) is 0 Å². The quantitative estimate of drug-likeness (QED) is 0.458. The molecule has 1 spiro atoms. The zero-order chi connectivity index (χ0) is 22.7. The highest BCUT2D eigenvalue weighted by atomic mass is 16.7. The summed E-state index contributed by atoms with van der Waals surface area (Å²) in [5.41, 5.74) is -1.07. The molecule has 2 N–H and O–H groups in total. The highest BCUT2D eigenvalue weighted by Gasteiger charge is 2.75. The van der Waals surface area contributed by atoms with Gasteiger partial charge in [-0.3, -0.25) is 9.59 Å². The highest BCUT2D eigenvalue weighted by Crippen LogP contribution is 2.65. The molecular weight excluding hydrogens is 404 g/mol. The van der Waals surface area contributed by atoms with Gasteiger partial charge in [0, 0.05) is 37.8 Å². The maximum Gasteiger partial charge on any atom is 0.328 e. The van der Waals surface area contributed by atoms with Crippen molar-refractivity contribution in [2.75, 3.05) is 0 Å². The van der Waals surface area contributed by atoms with Gasteiger partial charge in [0.1, 0.15) is 6.17 Å². The third-order valence-electron chi connectivity index (χ3n) is 10.1. The summed E-state index contributed by atoms with van der Waals surface area (Å²) in [6, 6.07) is 0.992. The Labute approximate surface area is 192 Å². The molecule has 0 aromatic carbocycles. The molecule has 0 radical (unpaired) electrons. The molecule has 6 heteroatoms. The van der Waals surface area contributed by atoms with Crippen LogP contribution in [0.5, 0.6) is 0 Å². The van der Waals surface area contributed by atoms with E-state index in [1.54, 1.807) is 13.8 Å². The van der Waals surface area contributed by atoms with E-state index >= 15 is 0 Å². The number of hydrogen-bond acceptors (Lipinski definition) is 5. The van der Waals surface area contributed by atoms with Gasteiger partial charge in [0.2, 0.25) is 0 Å². The Morgan fingerprint density at radius 3 is 2.31 bits per heavy atom. The Morgan fingerprint density at radius 1 is 0.906 bits per heavy atom. The van der Waals surface area contributed by atoms with Gasteiger partial charge in [0.15, 0.2) is 5.41 Å². The summed E-state index contributed by atoms with van der Waals surface area (Å²) in [5, 5.41) is 2.67. The van der Waals surface area contributed by atoms with Crippen LogP contribution in [-0.2, 0) is 19.1 Å². The summed E-state index contributed by atoms with van der Waals surface area (Å²) >= 11 is 0. The number of quaternary nitrogens is 1. The minimum atomic E-state index is -1.18. The number of rotatable bonds is 0. The zero-order valence-electron chi connectivity index (χ0n) is 20.5. The fourth-order valence-corrected chi connectivity index (χ4v) is 9.66. The van der Waals surface area contributed by atoms with Gasteiger partial charge in [-0.05, 0) is 62.2 Å².